The smallest absolute Gasteiger partial charge is 0.336 e. The van der Waals surface area contributed by atoms with Gasteiger partial charge in [0.15, 0.2) is 6.10 Å². The number of aliphatic hydroxyl groups is 1. The molecule has 5 nitrogen and oxygen atoms in total. The highest BCUT2D eigenvalue weighted by atomic mass is 16.5. The minimum atomic E-state index is -1.28. The zero-order valence-corrected chi connectivity index (χ0v) is 9.24. The van der Waals surface area contributed by atoms with Gasteiger partial charge in [-0.05, 0) is 11.8 Å². The number of hydrogen-bond acceptors (Lipinski definition) is 4. The van der Waals surface area contributed by atoms with Gasteiger partial charge in [0.25, 0.3) is 0 Å². The van der Waals surface area contributed by atoms with Crippen LogP contribution in [0.3, 0.4) is 0 Å². The van der Waals surface area contributed by atoms with Crippen molar-refractivity contribution in [2.75, 3.05) is 13.7 Å². The van der Waals surface area contributed by atoms with Crippen LogP contribution in [0.25, 0.3) is 0 Å². The average molecular weight is 215 g/mol. The molecule has 2 atom stereocenters. The molecule has 0 spiro atoms. The van der Waals surface area contributed by atoms with Gasteiger partial charge in [-0.2, -0.15) is 0 Å². The van der Waals surface area contributed by atoms with Gasteiger partial charge in [-0.3, -0.25) is 4.79 Å². The largest absolute Gasteiger partial charge is 0.467 e. The Morgan fingerprint density at radius 1 is 1.60 bits per heavy atom. The number of methoxy groups -OCH3 is 1. The van der Waals surface area contributed by atoms with Gasteiger partial charge in [-0.15, -0.1) is 0 Å². The summed E-state index contributed by atoms with van der Waals surface area (Å²) in [5, 5.41) is 11.7. The molecule has 0 heterocycles. The van der Waals surface area contributed by atoms with E-state index in [1.54, 1.807) is 0 Å². The van der Waals surface area contributed by atoms with E-state index in [9.17, 15) is 14.7 Å². The fourth-order valence-corrected chi connectivity index (χ4v) is 1.45. The molecule has 1 saturated carbocycles. The van der Waals surface area contributed by atoms with Crippen LogP contribution in [0.1, 0.15) is 20.3 Å². The van der Waals surface area contributed by atoms with Gasteiger partial charge in [0.05, 0.1) is 13.7 Å². The molecule has 5 heteroatoms. The molecule has 1 aliphatic rings. The highest BCUT2D eigenvalue weighted by Crippen LogP contribution is 2.51. The van der Waals surface area contributed by atoms with Crippen LogP contribution >= 0.6 is 0 Å². The number of rotatable bonds is 4. The SMILES string of the molecule is COC(=O)C(O)CNC(=O)C1CC1(C)C. The van der Waals surface area contributed by atoms with E-state index in [0.717, 1.165) is 6.42 Å². The minimum Gasteiger partial charge on any atom is -0.467 e. The first-order valence-corrected chi connectivity index (χ1v) is 4.92. The topological polar surface area (TPSA) is 75.6 Å². The second kappa shape index (κ2) is 4.18. The highest BCUT2D eigenvalue weighted by Gasteiger charge is 2.50. The van der Waals surface area contributed by atoms with Crippen molar-refractivity contribution in [2.24, 2.45) is 11.3 Å². The molecular weight excluding hydrogens is 198 g/mol. The minimum absolute atomic E-state index is 0.00217. The van der Waals surface area contributed by atoms with Crippen molar-refractivity contribution in [3.8, 4) is 0 Å². The van der Waals surface area contributed by atoms with Crippen molar-refractivity contribution in [3.05, 3.63) is 0 Å². The van der Waals surface area contributed by atoms with Crippen molar-refractivity contribution < 1.29 is 19.4 Å². The van der Waals surface area contributed by atoms with Crippen LogP contribution in [0.2, 0.25) is 0 Å². The molecule has 0 aromatic heterocycles. The summed E-state index contributed by atoms with van der Waals surface area (Å²) in [6, 6.07) is 0. The maximum Gasteiger partial charge on any atom is 0.336 e. The third kappa shape index (κ3) is 2.92. The molecule has 1 aliphatic carbocycles. The van der Waals surface area contributed by atoms with Gasteiger partial charge in [0.2, 0.25) is 5.91 Å². The second-order valence-electron chi connectivity index (χ2n) is 4.53. The Morgan fingerprint density at radius 2 is 2.13 bits per heavy atom. The van der Waals surface area contributed by atoms with E-state index in [4.69, 9.17) is 0 Å². The van der Waals surface area contributed by atoms with Gasteiger partial charge >= 0.3 is 5.97 Å². The number of carbonyl (C=O) groups is 2. The summed E-state index contributed by atoms with van der Waals surface area (Å²) in [4.78, 5) is 22.3. The van der Waals surface area contributed by atoms with E-state index in [0.29, 0.717) is 0 Å². The van der Waals surface area contributed by atoms with Crippen LogP contribution in [0, 0.1) is 11.3 Å². The molecule has 15 heavy (non-hydrogen) atoms. The van der Waals surface area contributed by atoms with Crippen LogP contribution in [0.4, 0.5) is 0 Å². The fraction of sp³-hybridized carbons (Fsp3) is 0.800. The Hall–Kier alpha value is -1.10. The first kappa shape index (κ1) is 12.0. The molecule has 0 aromatic carbocycles. The van der Waals surface area contributed by atoms with Gasteiger partial charge in [0.1, 0.15) is 0 Å². The number of aliphatic hydroxyl groups excluding tert-OH is 1. The summed E-state index contributed by atoms with van der Waals surface area (Å²) in [7, 11) is 1.19. The molecule has 0 aliphatic heterocycles. The molecule has 1 amide bonds. The molecule has 0 bridgehead atoms. The van der Waals surface area contributed by atoms with E-state index in [-0.39, 0.29) is 23.8 Å². The molecular formula is C10H17NO4. The summed E-state index contributed by atoms with van der Waals surface area (Å²) in [6.07, 6.45) is -0.423. The van der Waals surface area contributed by atoms with E-state index in [1.807, 2.05) is 13.8 Å². The van der Waals surface area contributed by atoms with Crippen LogP contribution in [-0.2, 0) is 14.3 Å². The van der Waals surface area contributed by atoms with Crippen LogP contribution in [0.5, 0.6) is 0 Å². The Labute approximate surface area is 88.8 Å². The van der Waals surface area contributed by atoms with E-state index in [2.05, 4.69) is 10.1 Å². The van der Waals surface area contributed by atoms with Crippen LogP contribution < -0.4 is 5.32 Å². The molecule has 2 N–H and O–H groups in total. The summed E-state index contributed by atoms with van der Waals surface area (Å²) in [5.74, 6) is -0.837. The molecule has 0 radical (unpaired) electrons. The summed E-state index contributed by atoms with van der Waals surface area (Å²) in [6.45, 7) is 3.93. The van der Waals surface area contributed by atoms with E-state index in [1.165, 1.54) is 7.11 Å². The van der Waals surface area contributed by atoms with Gasteiger partial charge in [-0.1, -0.05) is 13.8 Å². The number of nitrogens with one attached hydrogen (secondary N) is 1. The van der Waals surface area contributed by atoms with Crippen molar-refractivity contribution in [2.45, 2.75) is 26.4 Å². The second-order valence-corrected chi connectivity index (χ2v) is 4.53. The van der Waals surface area contributed by atoms with Crippen molar-refractivity contribution >= 4 is 11.9 Å². The number of esters is 1. The van der Waals surface area contributed by atoms with Gasteiger partial charge in [-0.25, -0.2) is 4.79 Å². The third-order valence-electron chi connectivity index (χ3n) is 2.77. The quantitative estimate of drug-likeness (QED) is 0.630. The first-order chi connectivity index (χ1) is 6.88. The first-order valence-electron chi connectivity index (χ1n) is 4.92. The number of carbonyl (C=O) groups excluding carboxylic acids is 2. The summed E-state index contributed by atoms with van der Waals surface area (Å²) >= 11 is 0. The van der Waals surface area contributed by atoms with E-state index >= 15 is 0 Å². The molecule has 0 saturated heterocycles. The van der Waals surface area contributed by atoms with Gasteiger partial charge in [0, 0.05) is 5.92 Å². The molecule has 1 rings (SSSR count). The monoisotopic (exact) mass is 215 g/mol. The van der Waals surface area contributed by atoms with Crippen molar-refractivity contribution in [1.82, 2.24) is 5.32 Å². The van der Waals surface area contributed by atoms with E-state index < -0.39 is 12.1 Å². The number of ether oxygens (including phenoxy) is 1. The lowest BCUT2D eigenvalue weighted by atomic mass is 10.1. The predicted octanol–water partition coefficient (Wildman–Crippen LogP) is -0.317. The zero-order chi connectivity index (χ0) is 11.6. The van der Waals surface area contributed by atoms with Gasteiger partial charge < -0.3 is 15.2 Å². The molecule has 1 fully saturated rings. The van der Waals surface area contributed by atoms with Crippen LogP contribution in [0.15, 0.2) is 0 Å². The number of amides is 1. The normalized spacial score (nSPS) is 24.1. The van der Waals surface area contributed by atoms with Crippen molar-refractivity contribution in [1.29, 1.82) is 0 Å². The zero-order valence-electron chi connectivity index (χ0n) is 9.24. The maximum absolute atomic E-state index is 11.5. The lowest BCUT2D eigenvalue weighted by molar-refractivity contribution is -0.150. The highest BCUT2D eigenvalue weighted by molar-refractivity contribution is 5.83. The lowest BCUT2D eigenvalue weighted by Crippen LogP contribution is -2.38. The molecule has 86 valence electrons. The predicted molar refractivity (Wildman–Crippen MR) is 52.9 cm³/mol. The summed E-state index contributed by atoms with van der Waals surface area (Å²) < 4.78 is 4.32. The Bertz CT molecular complexity index is 275. The third-order valence-corrected chi connectivity index (χ3v) is 2.77. The lowest BCUT2D eigenvalue weighted by Gasteiger charge is -2.10. The average Bonchev–Trinajstić information content (AvgIpc) is 2.82. The maximum atomic E-state index is 11.5. The van der Waals surface area contributed by atoms with Crippen molar-refractivity contribution in [3.63, 3.8) is 0 Å². The Balaban J connectivity index is 2.26. The Morgan fingerprint density at radius 3 is 2.53 bits per heavy atom. The molecule has 0 aromatic rings. The fourth-order valence-electron chi connectivity index (χ4n) is 1.45. The summed E-state index contributed by atoms with van der Waals surface area (Å²) in [5.41, 5.74) is 0.0559. The number of hydrogen-bond donors (Lipinski definition) is 2. The van der Waals surface area contributed by atoms with Crippen LogP contribution in [-0.4, -0.2) is 36.7 Å². The molecule has 2 unspecified atom stereocenters. The standard InChI is InChI=1S/C10H17NO4/c1-10(2)4-6(10)8(13)11-5-7(12)9(14)15-3/h6-7,12H,4-5H2,1-3H3,(H,11,13). The Kier molecular flexibility index (Phi) is 3.34.